The number of methoxy groups -OCH3 is 1. The van der Waals surface area contributed by atoms with E-state index in [2.05, 4.69) is 29.3 Å². The summed E-state index contributed by atoms with van der Waals surface area (Å²) in [7, 11) is 1.80. The van der Waals surface area contributed by atoms with Crippen LogP contribution in [0.4, 0.5) is 0 Å². The second kappa shape index (κ2) is 11.8. The molecule has 0 radical (unpaired) electrons. The van der Waals surface area contributed by atoms with Crippen LogP contribution in [0.25, 0.3) is 0 Å². The number of benzene rings is 2. The van der Waals surface area contributed by atoms with Crippen LogP contribution in [0, 0.1) is 6.92 Å². The van der Waals surface area contributed by atoms with Crippen molar-refractivity contribution in [1.29, 1.82) is 0 Å². The molecule has 0 spiro atoms. The number of likely N-dealkylation sites (tertiary alicyclic amines) is 1. The number of phenols is 2. The van der Waals surface area contributed by atoms with E-state index in [1.165, 1.54) is 86.7 Å². The van der Waals surface area contributed by atoms with Gasteiger partial charge in [-0.15, -0.1) is 17.0 Å². The topological polar surface area (TPSA) is 65.0 Å². The van der Waals surface area contributed by atoms with E-state index in [0.717, 1.165) is 36.6 Å². The number of nitrogens with zero attached hydrogens (tertiary/aromatic N) is 1. The van der Waals surface area contributed by atoms with Gasteiger partial charge in [-0.05, 0) is 124 Å². The minimum absolute atomic E-state index is 0. The van der Waals surface area contributed by atoms with Gasteiger partial charge in [0.15, 0.2) is 11.5 Å². The maximum atomic E-state index is 10.1. The molecule has 1 saturated carbocycles. The maximum absolute atomic E-state index is 10.1. The van der Waals surface area contributed by atoms with E-state index in [1.54, 1.807) is 13.2 Å². The van der Waals surface area contributed by atoms with Gasteiger partial charge in [0.2, 0.25) is 0 Å². The van der Waals surface area contributed by atoms with Crippen LogP contribution in [0.15, 0.2) is 24.3 Å². The van der Waals surface area contributed by atoms with Crippen LogP contribution in [-0.2, 0) is 12.8 Å². The first-order valence-electron chi connectivity index (χ1n) is 14.8. The van der Waals surface area contributed by atoms with Gasteiger partial charge in [0.05, 0.1) is 7.11 Å². The first kappa shape index (κ1) is 27.8. The molecule has 3 aliphatic carbocycles. The second-order valence-corrected chi connectivity index (χ2v) is 12.0. The van der Waals surface area contributed by atoms with E-state index in [9.17, 15) is 10.2 Å². The van der Waals surface area contributed by atoms with Gasteiger partial charge in [-0.2, -0.15) is 0 Å². The summed E-state index contributed by atoms with van der Waals surface area (Å²) in [6.07, 6.45) is 13.7. The van der Waals surface area contributed by atoms with Crippen molar-refractivity contribution in [3.8, 4) is 17.2 Å². The van der Waals surface area contributed by atoms with Gasteiger partial charge in [-0.25, -0.2) is 0 Å². The summed E-state index contributed by atoms with van der Waals surface area (Å²) < 4.78 is 5.60. The fraction of sp³-hybridized carbons (Fsp3) is 0.625. The number of hydrogen-bond acceptors (Lipinski definition) is 5. The number of hydrogen-bond donors (Lipinski definition) is 3. The molecule has 208 valence electrons. The minimum atomic E-state index is 0. The van der Waals surface area contributed by atoms with Crippen molar-refractivity contribution in [2.75, 3.05) is 20.2 Å². The summed E-state index contributed by atoms with van der Waals surface area (Å²) in [5.41, 5.74) is 6.57. The van der Waals surface area contributed by atoms with Crippen LogP contribution in [0.2, 0.25) is 0 Å². The zero-order chi connectivity index (χ0) is 25.5. The summed E-state index contributed by atoms with van der Waals surface area (Å²) in [6, 6.07) is 10.4. The molecular formula is C32H45BrN2O3. The quantitative estimate of drug-likeness (QED) is 0.351. The third-order valence-corrected chi connectivity index (χ3v) is 10.1. The lowest BCUT2D eigenvalue weighted by Crippen LogP contribution is -2.53. The number of aromatic hydroxyl groups is 2. The molecule has 3 fully saturated rings. The fourth-order valence-electron chi connectivity index (χ4n) is 8.10. The first-order chi connectivity index (χ1) is 18.1. The summed E-state index contributed by atoms with van der Waals surface area (Å²) in [6.45, 7) is 4.59. The minimum Gasteiger partial charge on any atom is -0.504 e. The lowest BCUT2D eigenvalue weighted by Gasteiger charge is -2.50. The van der Waals surface area contributed by atoms with Gasteiger partial charge in [0.1, 0.15) is 5.75 Å². The molecule has 0 unspecified atom stereocenters. The van der Waals surface area contributed by atoms with Crippen molar-refractivity contribution in [2.24, 2.45) is 0 Å². The Morgan fingerprint density at radius 1 is 0.842 bits per heavy atom. The van der Waals surface area contributed by atoms with E-state index < -0.39 is 0 Å². The number of fused-ring (bicyclic) bond motifs is 6. The summed E-state index contributed by atoms with van der Waals surface area (Å²) in [5, 5.41) is 23.5. The number of phenolic OH excluding ortho intramolecular Hbond substituents is 2. The van der Waals surface area contributed by atoms with Gasteiger partial charge in [0, 0.05) is 23.7 Å². The van der Waals surface area contributed by atoms with Crippen LogP contribution >= 0.6 is 17.0 Å². The van der Waals surface area contributed by atoms with E-state index in [1.807, 2.05) is 6.07 Å². The Balaban J connectivity index is 0.000000153. The van der Waals surface area contributed by atoms with Crippen molar-refractivity contribution < 1.29 is 14.9 Å². The van der Waals surface area contributed by atoms with Crippen LogP contribution < -0.4 is 10.1 Å². The van der Waals surface area contributed by atoms with Crippen LogP contribution in [-0.4, -0.2) is 53.4 Å². The zero-order valence-electron chi connectivity index (χ0n) is 23.0. The van der Waals surface area contributed by atoms with Gasteiger partial charge in [0.25, 0.3) is 0 Å². The summed E-state index contributed by atoms with van der Waals surface area (Å²) >= 11 is 0. The van der Waals surface area contributed by atoms with Crippen molar-refractivity contribution in [2.45, 2.75) is 108 Å². The highest BCUT2D eigenvalue weighted by molar-refractivity contribution is 8.93. The van der Waals surface area contributed by atoms with Crippen LogP contribution in [0.3, 0.4) is 0 Å². The SMILES string of the molecule is Br.COc1c(C)ccc2c1CC[C@H]1NCCC[C@H]21.Oc1ccc2c(c1O)CC[C@@H]1[C@@H]2CCCN1C1CCC1. The molecule has 5 nitrogen and oxygen atoms in total. The summed E-state index contributed by atoms with van der Waals surface area (Å²) in [4.78, 5) is 2.75. The van der Waals surface area contributed by atoms with Crippen LogP contribution in [0.1, 0.15) is 97.4 Å². The molecule has 6 heteroatoms. The molecule has 5 aliphatic rings. The van der Waals surface area contributed by atoms with Crippen molar-refractivity contribution in [1.82, 2.24) is 10.2 Å². The molecular weight excluding hydrogens is 540 g/mol. The standard InChI is InChI=1S/C17H23NO2.C15H21NO.BrH/c19-16-9-7-12-13-5-2-10-18(11-3-1-4-11)15(13)8-6-14(12)17(16)20;1-10-5-6-11-12-4-3-9-16-14(12)8-7-13(11)15(10)17-2;/h7,9,11,13,15,19-20H,1-6,8,10H2;5-6,12,14,16H,3-4,7-9H2,1-2H3;1H/t13-,15-;12-,14-;/m11./s1. The van der Waals surface area contributed by atoms with Crippen molar-refractivity contribution in [3.63, 3.8) is 0 Å². The maximum Gasteiger partial charge on any atom is 0.160 e. The molecule has 0 bridgehead atoms. The highest BCUT2D eigenvalue weighted by atomic mass is 79.9. The average molecular weight is 586 g/mol. The van der Waals surface area contributed by atoms with E-state index in [0.29, 0.717) is 23.9 Å². The van der Waals surface area contributed by atoms with Gasteiger partial charge in [-0.3, -0.25) is 4.90 Å². The first-order valence-corrected chi connectivity index (χ1v) is 14.8. The molecule has 38 heavy (non-hydrogen) atoms. The molecule has 2 aromatic rings. The predicted octanol–water partition coefficient (Wildman–Crippen LogP) is 6.51. The van der Waals surface area contributed by atoms with E-state index >= 15 is 0 Å². The summed E-state index contributed by atoms with van der Waals surface area (Å²) in [5.74, 6) is 2.56. The Morgan fingerprint density at radius 3 is 2.34 bits per heavy atom. The molecule has 4 atom stereocenters. The normalized spacial score (nSPS) is 28.2. The zero-order valence-corrected chi connectivity index (χ0v) is 24.8. The monoisotopic (exact) mass is 584 g/mol. The Hall–Kier alpha value is -1.76. The van der Waals surface area contributed by atoms with Crippen LogP contribution in [0.5, 0.6) is 17.2 Å². The molecule has 0 amide bonds. The lowest BCUT2D eigenvalue weighted by molar-refractivity contribution is 0.0308. The Kier molecular flexibility index (Phi) is 8.61. The molecule has 7 rings (SSSR count). The predicted molar refractivity (Wildman–Crippen MR) is 158 cm³/mol. The van der Waals surface area contributed by atoms with Gasteiger partial charge >= 0.3 is 0 Å². The molecule has 3 N–H and O–H groups in total. The van der Waals surface area contributed by atoms with Crippen molar-refractivity contribution in [3.05, 3.63) is 52.1 Å². The molecule has 0 aromatic heterocycles. The second-order valence-electron chi connectivity index (χ2n) is 12.0. The number of ether oxygens (including phenoxy) is 1. The fourth-order valence-corrected chi connectivity index (χ4v) is 8.10. The molecule has 2 heterocycles. The molecule has 2 saturated heterocycles. The smallest absolute Gasteiger partial charge is 0.160 e. The Labute approximate surface area is 238 Å². The van der Waals surface area contributed by atoms with E-state index in [-0.39, 0.29) is 28.5 Å². The number of aryl methyl sites for hydroxylation is 1. The van der Waals surface area contributed by atoms with Gasteiger partial charge in [-0.1, -0.05) is 24.6 Å². The third-order valence-electron chi connectivity index (χ3n) is 10.1. The molecule has 2 aliphatic heterocycles. The average Bonchev–Trinajstić information content (AvgIpc) is 2.90. The highest BCUT2D eigenvalue weighted by Crippen LogP contribution is 2.47. The number of piperidine rings is 2. The Morgan fingerprint density at radius 2 is 1.58 bits per heavy atom. The third kappa shape index (κ3) is 4.97. The van der Waals surface area contributed by atoms with Gasteiger partial charge < -0.3 is 20.3 Å². The molecule has 2 aromatic carbocycles. The number of halogens is 1. The number of rotatable bonds is 2. The lowest BCUT2D eigenvalue weighted by atomic mass is 9.72. The highest BCUT2D eigenvalue weighted by Gasteiger charge is 2.41. The number of nitrogens with one attached hydrogen (secondary N) is 1. The van der Waals surface area contributed by atoms with Crippen molar-refractivity contribution >= 4 is 17.0 Å². The largest absolute Gasteiger partial charge is 0.504 e. The van der Waals surface area contributed by atoms with E-state index in [4.69, 9.17) is 4.74 Å². The Bertz CT molecular complexity index is 1130.